The third-order valence-corrected chi connectivity index (χ3v) is 3.45. The van der Waals surface area contributed by atoms with Gasteiger partial charge in [0.05, 0.1) is 24.4 Å². The number of ether oxygens (including phenoxy) is 1. The van der Waals surface area contributed by atoms with Crippen molar-refractivity contribution in [3.05, 3.63) is 35.4 Å². The topological polar surface area (TPSA) is 41.5 Å². The highest BCUT2D eigenvalue weighted by Crippen LogP contribution is 2.33. The molecule has 2 N–H and O–H groups in total. The zero-order valence-electron chi connectivity index (χ0n) is 11.2. The predicted molar refractivity (Wildman–Crippen MR) is 68.2 cm³/mol. The summed E-state index contributed by atoms with van der Waals surface area (Å²) in [6.07, 6.45) is -4.10. The van der Waals surface area contributed by atoms with Crippen molar-refractivity contribution in [3.8, 4) is 0 Å². The number of benzene rings is 1. The number of alkyl halides is 3. The van der Waals surface area contributed by atoms with E-state index in [1.807, 2.05) is 0 Å². The standard InChI is InChI=1S/C14H18F3NO2/c1-13(19,8-12-9-20-6-5-18-12)10-3-2-4-11(7-10)14(15,16)17/h2-4,7,12,18-19H,5-6,8-9H2,1H3. The SMILES string of the molecule is CC(O)(CC1COCCN1)c1cccc(C(F)(F)F)c1. The Bertz CT molecular complexity index is 454. The fraction of sp³-hybridized carbons (Fsp3) is 0.571. The average Bonchev–Trinajstić information content (AvgIpc) is 2.38. The van der Waals surface area contributed by atoms with E-state index in [1.54, 1.807) is 0 Å². The van der Waals surface area contributed by atoms with Crippen LogP contribution in [0.15, 0.2) is 24.3 Å². The van der Waals surface area contributed by atoms with Crippen LogP contribution in [0.5, 0.6) is 0 Å². The molecule has 0 bridgehead atoms. The Morgan fingerprint density at radius 3 is 2.65 bits per heavy atom. The predicted octanol–water partition coefficient (Wildman–Crippen LogP) is 2.29. The van der Waals surface area contributed by atoms with Gasteiger partial charge in [-0.3, -0.25) is 0 Å². The molecule has 1 aliphatic rings. The van der Waals surface area contributed by atoms with E-state index in [4.69, 9.17) is 4.74 Å². The molecular weight excluding hydrogens is 271 g/mol. The first kappa shape index (κ1) is 15.3. The fourth-order valence-corrected chi connectivity index (χ4v) is 2.38. The summed E-state index contributed by atoms with van der Waals surface area (Å²) in [4.78, 5) is 0. The van der Waals surface area contributed by atoms with Crippen LogP contribution in [-0.2, 0) is 16.5 Å². The third kappa shape index (κ3) is 3.71. The highest BCUT2D eigenvalue weighted by Gasteiger charge is 2.34. The van der Waals surface area contributed by atoms with Crippen LogP contribution in [0.2, 0.25) is 0 Å². The number of morpholine rings is 1. The van der Waals surface area contributed by atoms with Gasteiger partial charge in [-0.05, 0) is 31.0 Å². The number of rotatable bonds is 3. The van der Waals surface area contributed by atoms with Crippen molar-refractivity contribution >= 4 is 0 Å². The molecule has 1 aromatic rings. The second kappa shape index (κ2) is 5.71. The molecule has 0 spiro atoms. The van der Waals surface area contributed by atoms with Gasteiger partial charge in [0.2, 0.25) is 0 Å². The van der Waals surface area contributed by atoms with Gasteiger partial charge in [0.25, 0.3) is 0 Å². The van der Waals surface area contributed by atoms with Crippen molar-refractivity contribution in [1.82, 2.24) is 5.32 Å². The molecule has 0 aliphatic carbocycles. The normalized spacial score (nSPS) is 23.4. The molecule has 2 atom stereocenters. The van der Waals surface area contributed by atoms with E-state index in [1.165, 1.54) is 19.1 Å². The van der Waals surface area contributed by atoms with Crippen LogP contribution >= 0.6 is 0 Å². The number of nitrogens with one attached hydrogen (secondary N) is 1. The lowest BCUT2D eigenvalue weighted by atomic mass is 9.88. The molecule has 3 nitrogen and oxygen atoms in total. The second-order valence-electron chi connectivity index (χ2n) is 5.28. The van der Waals surface area contributed by atoms with Crippen molar-refractivity contribution in [2.45, 2.75) is 31.2 Å². The average molecular weight is 289 g/mol. The van der Waals surface area contributed by atoms with Gasteiger partial charge in [0, 0.05) is 12.6 Å². The Morgan fingerprint density at radius 1 is 1.35 bits per heavy atom. The van der Waals surface area contributed by atoms with E-state index in [0.29, 0.717) is 26.2 Å². The monoisotopic (exact) mass is 289 g/mol. The van der Waals surface area contributed by atoms with Crippen LogP contribution in [0.1, 0.15) is 24.5 Å². The van der Waals surface area contributed by atoms with E-state index in [9.17, 15) is 18.3 Å². The molecule has 1 fully saturated rings. The molecule has 0 aromatic heterocycles. The lowest BCUT2D eigenvalue weighted by Gasteiger charge is -2.32. The van der Waals surface area contributed by atoms with Gasteiger partial charge < -0.3 is 15.2 Å². The van der Waals surface area contributed by atoms with Gasteiger partial charge in [-0.1, -0.05) is 12.1 Å². The van der Waals surface area contributed by atoms with E-state index in [2.05, 4.69) is 5.32 Å². The maximum atomic E-state index is 12.7. The van der Waals surface area contributed by atoms with Crippen LogP contribution in [0, 0.1) is 0 Å². The molecule has 1 saturated heterocycles. The van der Waals surface area contributed by atoms with Crippen molar-refractivity contribution < 1.29 is 23.0 Å². The summed E-state index contributed by atoms with van der Waals surface area (Å²) >= 11 is 0. The highest BCUT2D eigenvalue weighted by atomic mass is 19.4. The smallest absolute Gasteiger partial charge is 0.385 e. The summed E-state index contributed by atoms with van der Waals surface area (Å²) in [5.74, 6) is 0. The first-order valence-electron chi connectivity index (χ1n) is 6.50. The van der Waals surface area contributed by atoms with E-state index in [0.717, 1.165) is 12.1 Å². The molecule has 0 radical (unpaired) electrons. The first-order valence-corrected chi connectivity index (χ1v) is 6.50. The van der Waals surface area contributed by atoms with Gasteiger partial charge in [-0.15, -0.1) is 0 Å². The molecule has 0 saturated carbocycles. The van der Waals surface area contributed by atoms with Crippen LogP contribution < -0.4 is 5.32 Å². The summed E-state index contributed by atoms with van der Waals surface area (Å²) in [6, 6.07) is 4.77. The van der Waals surface area contributed by atoms with E-state index < -0.39 is 17.3 Å². The number of aliphatic hydroxyl groups is 1. The first-order chi connectivity index (χ1) is 9.29. The maximum absolute atomic E-state index is 12.7. The quantitative estimate of drug-likeness (QED) is 0.897. The van der Waals surface area contributed by atoms with Crippen molar-refractivity contribution in [2.75, 3.05) is 19.8 Å². The van der Waals surface area contributed by atoms with Crippen LogP contribution in [0.4, 0.5) is 13.2 Å². The van der Waals surface area contributed by atoms with Crippen molar-refractivity contribution in [3.63, 3.8) is 0 Å². The molecule has 6 heteroatoms. The zero-order valence-corrected chi connectivity index (χ0v) is 11.2. The van der Waals surface area contributed by atoms with Crippen molar-refractivity contribution in [2.24, 2.45) is 0 Å². The van der Waals surface area contributed by atoms with Crippen LogP contribution in [0.25, 0.3) is 0 Å². The summed E-state index contributed by atoms with van der Waals surface area (Å²) < 4.78 is 43.4. The molecule has 20 heavy (non-hydrogen) atoms. The Morgan fingerprint density at radius 2 is 2.05 bits per heavy atom. The Hall–Kier alpha value is -1.11. The van der Waals surface area contributed by atoms with Crippen LogP contribution in [0.3, 0.4) is 0 Å². The van der Waals surface area contributed by atoms with E-state index in [-0.39, 0.29) is 11.6 Å². The number of halogens is 3. The highest BCUT2D eigenvalue weighted by molar-refractivity contribution is 5.29. The third-order valence-electron chi connectivity index (χ3n) is 3.45. The minimum Gasteiger partial charge on any atom is -0.385 e. The molecule has 1 aromatic carbocycles. The zero-order chi connectivity index (χ0) is 14.8. The number of hydrogen-bond donors (Lipinski definition) is 2. The molecule has 2 unspecified atom stereocenters. The Kier molecular flexibility index (Phi) is 4.36. The van der Waals surface area contributed by atoms with Gasteiger partial charge in [0.15, 0.2) is 0 Å². The van der Waals surface area contributed by atoms with Crippen molar-refractivity contribution in [1.29, 1.82) is 0 Å². The summed E-state index contributed by atoms with van der Waals surface area (Å²) in [5, 5.41) is 13.6. The largest absolute Gasteiger partial charge is 0.416 e. The second-order valence-corrected chi connectivity index (χ2v) is 5.28. The lowest BCUT2D eigenvalue weighted by molar-refractivity contribution is -0.137. The van der Waals surface area contributed by atoms with Gasteiger partial charge in [-0.2, -0.15) is 13.2 Å². The lowest BCUT2D eigenvalue weighted by Crippen LogP contribution is -2.45. The fourth-order valence-electron chi connectivity index (χ4n) is 2.38. The maximum Gasteiger partial charge on any atom is 0.416 e. The van der Waals surface area contributed by atoms with Gasteiger partial charge in [-0.25, -0.2) is 0 Å². The van der Waals surface area contributed by atoms with E-state index >= 15 is 0 Å². The Balaban J connectivity index is 2.15. The van der Waals surface area contributed by atoms with Gasteiger partial charge in [0.1, 0.15) is 0 Å². The summed E-state index contributed by atoms with van der Waals surface area (Å²) in [6.45, 7) is 3.28. The summed E-state index contributed by atoms with van der Waals surface area (Å²) in [5.41, 5.74) is -1.82. The summed E-state index contributed by atoms with van der Waals surface area (Å²) in [7, 11) is 0. The molecular formula is C14H18F3NO2. The molecule has 1 heterocycles. The number of hydrogen-bond acceptors (Lipinski definition) is 3. The minimum absolute atomic E-state index is 0.0618. The molecule has 1 aliphatic heterocycles. The Labute approximate surface area is 115 Å². The van der Waals surface area contributed by atoms with Crippen LogP contribution in [-0.4, -0.2) is 30.9 Å². The molecule has 0 amide bonds. The molecule has 2 rings (SSSR count). The van der Waals surface area contributed by atoms with Gasteiger partial charge >= 0.3 is 6.18 Å². The minimum atomic E-state index is -4.40. The molecule has 112 valence electrons.